The Morgan fingerprint density at radius 3 is 2.68 bits per heavy atom. The molecule has 0 spiro atoms. The van der Waals surface area contributed by atoms with Crippen LogP contribution >= 0.6 is 11.6 Å². The summed E-state index contributed by atoms with van der Waals surface area (Å²) < 4.78 is 0. The Kier molecular flexibility index (Phi) is 5.24. The van der Waals surface area contributed by atoms with Crippen LogP contribution in [0.2, 0.25) is 0 Å². The summed E-state index contributed by atoms with van der Waals surface area (Å²) in [6.45, 7) is 1.83. The molecule has 2 atom stereocenters. The highest BCUT2D eigenvalue weighted by atomic mass is 35.5. The Balaban J connectivity index is 1.84. The molecular formula is C22H19ClN4O4. The summed E-state index contributed by atoms with van der Waals surface area (Å²) >= 11 is 6.80. The zero-order valence-electron chi connectivity index (χ0n) is 16.5. The highest BCUT2D eigenvalue weighted by Gasteiger charge is 2.21. The largest absolute Gasteiger partial charge is 0.508 e. The molecule has 31 heavy (non-hydrogen) atoms. The molecule has 0 aliphatic heterocycles. The number of primary amides is 1. The molecule has 2 unspecified atom stereocenters. The number of H-pyrrole nitrogens is 2. The van der Waals surface area contributed by atoms with Crippen LogP contribution in [-0.2, 0) is 4.79 Å². The van der Waals surface area contributed by atoms with Crippen LogP contribution in [0, 0.1) is 0 Å². The van der Waals surface area contributed by atoms with E-state index in [1.54, 1.807) is 30.3 Å². The third-order valence-electron chi connectivity index (χ3n) is 5.32. The molecule has 0 radical (unpaired) electrons. The molecule has 4 aromatic rings. The summed E-state index contributed by atoms with van der Waals surface area (Å²) in [5.41, 5.74) is 7.34. The molecule has 2 heterocycles. The molecule has 0 aliphatic carbocycles. The van der Waals surface area contributed by atoms with Crippen molar-refractivity contribution >= 4 is 39.3 Å². The molecule has 0 saturated heterocycles. The number of phenolic OH excluding ortho intramolecular Hbond substituents is 1. The Hall–Kier alpha value is -3.65. The minimum Gasteiger partial charge on any atom is -0.508 e. The standard InChI is InChI=1S/C22H19ClN4O4/c1-10(6-18(24)29)15-8-12(28)3-5-13(15)20(23)11-2-4-14-16(7-11)26-17-9-25-27-22(31)19(17)21(14)30/h2-5,7-10,20,28H,6H2,1H3,(H2,24,29)(H,26,30)(H,27,31). The second-order valence-electron chi connectivity index (χ2n) is 7.49. The molecule has 1 amide bonds. The van der Waals surface area contributed by atoms with E-state index in [2.05, 4.69) is 15.2 Å². The van der Waals surface area contributed by atoms with E-state index in [-0.39, 0.29) is 23.5 Å². The van der Waals surface area contributed by atoms with E-state index in [0.29, 0.717) is 33.1 Å². The number of benzene rings is 2. The van der Waals surface area contributed by atoms with Gasteiger partial charge in [-0.15, -0.1) is 11.6 Å². The zero-order valence-corrected chi connectivity index (χ0v) is 17.2. The maximum atomic E-state index is 12.8. The van der Waals surface area contributed by atoms with Gasteiger partial charge in [-0.1, -0.05) is 19.1 Å². The number of hydrogen-bond donors (Lipinski definition) is 4. The van der Waals surface area contributed by atoms with Crippen LogP contribution in [0.15, 0.2) is 52.2 Å². The summed E-state index contributed by atoms with van der Waals surface area (Å²) in [6.07, 6.45) is 1.49. The number of amides is 1. The number of carbonyl (C=O) groups is 1. The first-order valence-corrected chi connectivity index (χ1v) is 9.98. The number of aromatic amines is 2. The van der Waals surface area contributed by atoms with E-state index in [0.717, 1.165) is 0 Å². The van der Waals surface area contributed by atoms with Gasteiger partial charge < -0.3 is 15.8 Å². The van der Waals surface area contributed by atoms with Gasteiger partial charge in [0.1, 0.15) is 11.1 Å². The zero-order chi connectivity index (χ0) is 22.3. The lowest BCUT2D eigenvalue weighted by molar-refractivity contribution is -0.118. The number of aromatic nitrogens is 3. The SMILES string of the molecule is CC(CC(N)=O)c1cc(O)ccc1C(Cl)c1ccc2c(=O)c3c(=O)[nH]ncc3[nH]c2c1. The fourth-order valence-electron chi connectivity index (χ4n) is 3.83. The van der Waals surface area contributed by atoms with E-state index in [4.69, 9.17) is 17.3 Å². The van der Waals surface area contributed by atoms with E-state index in [1.807, 2.05) is 6.92 Å². The first-order valence-electron chi connectivity index (χ1n) is 9.54. The maximum absolute atomic E-state index is 12.8. The molecule has 8 nitrogen and oxygen atoms in total. The molecular weight excluding hydrogens is 420 g/mol. The van der Waals surface area contributed by atoms with Crippen molar-refractivity contribution in [3.05, 3.63) is 79.9 Å². The van der Waals surface area contributed by atoms with Gasteiger partial charge in [-0.3, -0.25) is 14.4 Å². The predicted octanol–water partition coefficient (Wildman–Crippen LogP) is 2.78. The second-order valence-corrected chi connectivity index (χ2v) is 7.93. The minimum atomic E-state index is -0.619. The topological polar surface area (TPSA) is 142 Å². The monoisotopic (exact) mass is 438 g/mol. The molecule has 0 bridgehead atoms. The number of hydrogen-bond acceptors (Lipinski definition) is 5. The van der Waals surface area contributed by atoms with Crippen molar-refractivity contribution in [3.8, 4) is 5.75 Å². The Bertz CT molecular complexity index is 1440. The molecule has 0 saturated carbocycles. The maximum Gasteiger partial charge on any atom is 0.277 e. The van der Waals surface area contributed by atoms with Crippen LogP contribution in [0.1, 0.15) is 41.3 Å². The average molecular weight is 439 g/mol. The van der Waals surface area contributed by atoms with Crippen molar-refractivity contribution in [3.63, 3.8) is 0 Å². The third kappa shape index (κ3) is 3.77. The van der Waals surface area contributed by atoms with Gasteiger partial charge in [-0.25, -0.2) is 5.10 Å². The first-order chi connectivity index (χ1) is 14.8. The number of alkyl halides is 1. The number of nitrogens with one attached hydrogen (secondary N) is 2. The lowest BCUT2D eigenvalue weighted by Gasteiger charge is -2.20. The van der Waals surface area contributed by atoms with Crippen LogP contribution < -0.4 is 16.7 Å². The van der Waals surface area contributed by atoms with Crippen LogP contribution in [0.25, 0.3) is 21.8 Å². The summed E-state index contributed by atoms with van der Waals surface area (Å²) in [4.78, 5) is 39.2. The molecule has 0 aliphatic rings. The minimum absolute atomic E-state index is 0.0128. The molecule has 5 N–H and O–H groups in total. The fourth-order valence-corrected chi connectivity index (χ4v) is 4.16. The van der Waals surface area contributed by atoms with Gasteiger partial charge in [0.25, 0.3) is 5.56 Å². The summed E-state index contributed by atoms with van der Waals surface area (Å²) in [6, 6.07) is 9.88. The molecule has 2 aromatic carbocycles. The third-order valence-corrected chi connectivity index (χ3v) is 5.80. The number of nitrogens with two attached hydrogens (primary N) is 1. The van der Waals surface area contributed by atoms with Gasteiger partial charge in [-0.05, 0) is 46.9 Å². The number of rotatable bonds is 5. The predicted molar refractivity (Wildman–Crippen MR) is 119 cm³/mol. The highest BCUT2D eigenvalue weighted by Crippen LogP contribution is 2.37. The van der Waals surface area contributed by atoms with Gasteiger partial charge in [0.15, 0.2) is 0 Å². The van der Waals surface area contributed by atoms with Crippen LogP contribution in [-0.4, -0.2) is 26.2 Å². The summed E-state index contributed by atoms with van der Waals surface area (Å²) in [5, 5.41) is 15.7. The van der Waals surface area contributed by atoms with E-state index >= 15 is 0 Å². The molecule has 0 fully saturated rings. The van der Waals surface area contributed by atoms with Gasteiger partial charge in [0.05, 0.1) is 22.6 Å². The van der Waals surface area contributed by atoms with Crippen molar-refractivity contribution < 1.29 is 9.90 Å². The van der Waals surface area contributed by atoms with Gasteiger partial charge in [0.2, 0.25) is 11.3 Å². The number of carbonyl (C=O) groups excluding carboxylic acids is 1. The van der Waals surface area contributed by atoms with E-state index in [9.17, 15) is 19.5 Å². The first kappa shape index (κ1) is 20.6. The lowest BCUT2D eigenvalue weighted by Crippen LogP contribution is -2.18. The van der Waals surface area contributed by atoms with Gasteiger partial charge in [0, 0.05) is 11.8 Å². The molecule has 158 valence electrons. The lowest BCUT2D eigenvalue weighted by atomic mass is 9.89. The van der Waals surface area contributed by atoms with E-state index in [1.165, 1.54) is 12.3 Å². The van der Waals surface area contributed by atoms with Crippen LogP contribution in [0.4, 0.5) is 0 Å². The smallest absolute Gasteiger partial charge is 0.277 e. The number of pyridine rings is 1. The summed E-state index contributed by atoms with van der Waals surface area (Å²) in [7, 11) is 0. The van der Waals surface area contributed by atoms with Crippen LogP contribution in [0.3, 0.4) is 0 Å². The Morgan fingerprint density at radius 2 is 1.94 bits per heavy atom. The fraction of sp³-hybridized carbons (Fsp3) is 0.182. The number of aromatic hydroxyl groups is 1. The van der Waals surface area contributed by atoms with Crippen molar-refractivity contribution in [1.29, 1.82) is 0 Å². The van der Waals surface area contributed by atoms with Crippen molar-refractivity contribution in [1.82, 2.24) is 15.2 Å². The Labute approximate surface area is 180 Å². The van der Waals surface area contributed by atoms with Gasteiger partial charge >= 0.3 is 0 Å². The average Bonchev–Trinajstić information content (AvgIpc) is 2.72. The van der Waals surface area contributed by atoms with Crippen molar-refractivity contribution in [2.75, 3.05) is 0 Å². The van der Waals surface area contributed by atoms with E-state index < -0.39 is 22.3 Å². The number of nitrogens with zero attached hydrogens (tertiary/aromatic N) is 1. The highest BCUT2D eigenvalue weighted by molar-refractivity contribution is 6.23. The van der Waals surface area contributed by atoms with Crippen molar-refractivity contribution in [2.24, 2.45) is 5.73 Å². The molecule has 4 rings (SSSR count). The quantitative estimate of drug-likeness (QED) is 0.280. The number of fused-ring (bicyclic) bond motifs is 2. The number of halogens is 1. The molecule has 2 aromatic heterocycles. The second kappa shape index (κ2) is 7.88. The Morgan fingerprint density at radius 1 is 1.16 bits per heavy atom. The summed E-state index contributed by atoms with van der Waals surface area (Å²) in [5.74, 6) is -0.638. The normalized spacial score (nSPS) is 13.4. The number of phenols is 1. The van der Waals surface area contributed by atoms with Crippen molar-refractivity contribution in [2.45, 2.75) is 24.6 Å². The molecule has 9 heteroatoms. The van der Waals surface area contributed by atoms with Crippen LogP contribution in [0.5, 0.6) is 5.75 Å². The van der Waals surface area contributed by atoms with Gasteiger partial charge in [-0.2, -0.15) is 5.10 Å².